The highest BCUT2D eigenvalue weighted by Gasteiger charge is 2.22. The Hall–Kier alpha value is -1.62. The van der Waals surface area contributed by atoms with Crippen molar-refractivity contribution in [3.8, 4) is 5.75 Å². The summed E-state index contributed by atoms with van der Waals surface area (Å²) in [6, 6.07) is 4.20. The first-order valence-corrected chi connectivity index (χ1v) is 5.58. The maximum absolute atomic E-state index is 13.4. The second-order valence-electron chi connectivity index (χ2n) is 3.99. The Balaban J connectivity index is 2.03. The van der Waals surface area contributed by atoms with Crippen molar-refractivity contribution >= 4 is 11.6 Å². The average molecular weight is 238 g/mol. The van der Waals surface area contributed by atoms with Crippen LogP contribution in [-0.2, 0) is 4.79 Å². The van der Waals surface area contributed by atoms with Crippen molar-refractivity contribution in [3.05, 3.63) is 24.0 Å². The lowest BCUT2D eigenvalue weighted by Gasteiger charge is -2.11. The first kappa shape index (κ1) is 11.9. The number of methoxy groups -OCH3 is 1. The molecule has 17 heavy (non-hydrogen) atoms. The SMILES string of the molecule is COc1ccc(NC(=O)[C@@H]2CCCN2)cc1F. The van der Waals surface area contributed by atoms with Gasteiger partial charge in [0, 0.05) is 11.8 Å². The summed E-state index contributed by atoms with van der Waals surface area (Å²) in [6.07, 6.45) is 1.82. The van der Waals surface area contributed by atoms with Crippen LogP contribution >= 0.6 is 0 Å². The van der Waals surface area contributed by atoms with Crippen LogP contribution in [0, 0.1) is 5.82 Å². The molecule has 1 aromatic rings. The number of benzene rings is 1. The van der Waals surface area contributed by atoms with E-state index in [0.29, 0.717) is 5.69 Å². The number of carbonyl (C=O) groups excluding carboxylic acids is 1. The molecule has 4 nitrogen and oxygen atoms in total. The molecule has 1 aliphatic heterocycles. The Kier molecular flexibility index (Phi) is 3.58. The van der Waals surface area contributed by atoms with Gasteiger partial charge in [0.15, 0.2) is 11.6 Å². The Labute approximate surface area is 99.2 Å². The maximum atomic E-state index is 13.4. The van der Waals surface area contributed by atoms with Gasteiger partial charge in [-0.2, -0.15) is 0 Å². The van der Waals surface area contributed by atoms with E-state index >= 15 is 0 Å². The molecule has 2 rings (SSSR count). The van der Waals surface area contributed by atoms with Gasteiger partial charge in [0.25, 0.3) is 0 Å². The number of hydrogen-bond donors (Lipinski definition) is 2. The smallest absolute Gasteiger partial charge is 0.241 e. The molecule has 0 spiro atoms. The lowest BCUT2D eigenvalue weighted by Crippen LogP contribution is -2.35. The van der Waals surface area contributed by atoms with Crippen LogP contribution in [0.5, 0.6) is 5.75 Å². The van der Waals surface area contributed by atoms with E-state index < -0.39 is 5.82 Å². The summed E-state index contributed by atoms with van der Waals surface area (Å²) in [4.78, 5) is 11.8. The quantitative estimate of drug-likeness (QED) is 0.839. The van der Waals surface area contributed by atoms with Crippen molar-refractivity contribution < 1.29 is 13.9 Å². The zero-order valence-electron chi connectivity index (χ0n) is 9.63. The van der Waals surface area contributed by atoms with E-state index in [-0.39, 0.29) is 17.7 Å². The molecule has 0 saturated carbocycles. The summed E-state index contributed by atoms with van der Waals surface area (Å²) in [5.74, 6) is -0.432. The summed E-state index contributed by atoms with van der Waals surface area (Å²) >= 11 is 0. The van der Waals surface area contributed by atoms with Crippen LogP contribution in [0.25, 0.3) is 0 Å². The third-order valence-corrected chi connectivity index (χ3v) is 2.80. The summed E-state index contributed by atoms with van der Waals surface area (Å²) in [5, 5.41) is 5.76. The van der Waals surface area contributed by atoms with E-state index in [4.69, 9.17) is 4.74 Å². The molecule has 2 N–H and O–H groups in total. The Morgan fingerprint density at radius 3 is 3.00 bits per heavy atom. The first-order valence-electron chi connectivity index (χ1n) is 5.58. The number of ether oxygens (including phenoxy) is 1. The fraction of sp³-hybridized carbons (Fsp3) is 0.417. The zero-order chi connectivity index (χ0) is 12.3. The van der Waals surface area contributed by atoms with E-state index in [9.17, 15) is 9.18 Å². The highest BCUT2D eigenvalue weighted by molar-refractivity contribution is 5.95. The minimum absolute atomic E-state index is 0.118. The Morgan fingerprint density at radius 1 is 1.59 bits per heavy atom. The molecular weight excluding hydrogens is 223 g/mol. The van der Waals surface area contributed by atoms with Gasteiger partial charge in [-0.1, -0.05) is 0 Å². The monoisotopic (exact) mass is 238 g/mol. The van der Waals surface area contributed by atoms with Crippen molar-refractivity contribution in [2.24, 2.45) is 0 Å². The molecule has 0 bridgehead atoms. The van der Waals surface area contributed by atoms with Crippen LogP contribution in [0.4, 0.5) is 10.1 Å². The highest BCUT2D eigenvalue weighted by Crippen LogP contribution is 2.21. The van der Waals surface area contributed by atoms with Crippen molar-refractivity contribution in [2.75, 3.05) is 19.0 Å². The summed E-state index contributed by atoms with van der Waals surface area (Å²) in [6.45, 7) is 0.856. The molecule has 1 fully saturated rings. The van der Waals surface area contributed by atoms with Crippen LogP contribution in [0.1, 0.15) is 12.8 Å². The lowest BCUT2D eigenvalue weighted by atomic mass is 10.2. The maximum Gasteiger partial charge on any atom is 0.241 e. The van der Waals surface area contributed by atoms with Gasteiger partial charge in [-0.05, 0) is 31.5 Å². The molecule has 92 valence electrons. The van der Waals surface area contributed by atoms with Gasteiger partial charge >= 0.3 is 0 Å². The first-order chi connectivity index (χ1) is 8.20. The standard InChI is InChI=1S/C12H15FN2O2/c1-17-11-5-4-8(7-9(11)13)15-12(16)10-3-2-6-14-10/h4-5,7,10,14H,2-3,6H2,1H3,(H,15,16)/t10-/m0/s1. The van der Waals surface area contributed by atoms with E-state index in [1.54, 1.807) is 6.07 Å². The number of hydrogen-bond acceptors (Lipinski definition) is 3. The molecule has 1 saturated heterocycles. The Bertz CT molecular complexity index is 417. The number of rotatable bonds is 3. The third-order valence-electron chi connectivity index (χ3n) is 2.80. The fourth-order valence-electron chi connectivity index (χ4n) is 1.88. The number of nitrogens with one attached hydrogen (secondary N) is 2. The summed E-state index contributed by atoms with van der Waals surface area (Å²) in [7, 11) is 1.40. The molecule has 1 atom stereocenters. The molecule has 0 aliphatic carbocycles. The highest BCUT2D eigenvalue weighted by atomic mass is 19.1. The fourth-order valence-corrected chi connectivity index (χ4v) is 1.88. The van der Waals surface area contributed by atoms with Crippen LogP contribution in [-0.4, -0.2) is 25.6 Å². The van der Waals surface area contributed by atoms with E-state index in [0.717, 1.165) is 19.4 Å². The molecular formula is C12H15FN2O2. The number of halogens is 1. The third kappa shape index (κ3) is 2.74. The van der Waals surface area contributed by atoms with Gasteiger partial charge in [0.2, 0.25) is 5.91 Å². The van der Waals surface area contributed by atoms with E-state index in [2.05, 4.69) is 10.6 Å². The minimum atomic E-state index is -0.482. The molecule has 5 heteroatoms. The van der Waals surface area contributed by atoms with Gasteiger partial charge < -0.3 is 15.4 Å². The second kappa shape index (κ2) is 5.14. The van der Waals surface area contributed by atoms with Crippen molar-refractivity contribution in [1.29, 1.82) is 0 Å². The predicted octanol–water partition coefficient (Wildman–Crippen LogP) is 1.52. The van der Waals surface area contributed by atoms with Gasteiger partial charge in [-0.25, -0.2) is 4.39 Å². The van der Waals surface area contributed by atoms with Crippen molar-refractivity contribution in [1.82, 2.24) is 5.32 Å². The average Bonchev–Trinajstić information content (AvgIpc) is 2.82. The van der Waals surface area contributed by atoms with Gasteiger partial charge in [0.1, 0.15) is 0 Å². The number of carbonyl (C=O) groups is 1. The van der Waals surface area contributed by atoms with Crippen LogP contribution in [0.15, 0.2) is 18.2 Å². The molecule has 1 aliphatic rings. The predicted molar refractivity (Wildman–Crippen MR) is 62.6 cm³/mol. The molecule has 0 unspecified atom stereocenters. The molecule has 1 heterocycles. The van der Waals surface area contributed by atoms with Crippen LogP contribution in [0.3, 0.4) is 0 Å². The minimum Gasteiger partial charge on any atom is -0.494 e. The van der Waals surface area contributed by atoms with Gasteiger partial charge in [-0.3, -0.25) is 4.79 Å². The molecule has 0 aromatic heterocycles. The van der Waals surface area contributed by atoms with Gasteiger partial charge in [-0.15, -0.1) is 0 Å². The normalized spacial score (nSPS) is 19.1. The van der Waals surface area contributed by atoms with Crippen molar-refractivity contribution in [2.45, 2.75) is 18.9 Å². The van der Waals surface area contributed by atoms with Gasteiger partial charge in [0.05, 0.1) is 13.2 Å². The molecule has 1 amide bonds. The van der Waals surface area contributed by atoms with Crippen LogP contribution in [0.2, 0.25) is 0 Å². The molecule has 0 radical (unpaired) electrons. The number of amides is 1. The van der Waals surface area contributed by atoms with E-state index in [1.165, 1.54) is 19.2 Å². The zero-order valence-corrected chi connectivity index (χ0v) is 9.63. The topological polar surface area (TPSA) is 50.4 Å². The summed E-state index contributed by atoms with van der Waals surface area (Å²) < 4.78 is 18.2. The largest absolute Gasteiger partial charge is 0.494 e. The Morgan fingerprint density at radius 2 is 2.41 bits per heavy atom. The molecule has 1 aromatic carbocycles. The summed E-state index contributed by atoms with van der Waals surface area (Å²) in [5.41, 5.74) is 0.446. The van der Waals surface area contributed by atoms with Crippen LogP contribution < -0.4 is 15.4 Å². The lowest BCUT2D eigenvalue weighted by molar-refractivity contribution is -0.117. The van der Waals surface area contributed by atoms with Crippen molar-refractivity contribution in [3.63, 3.8) is 0 Å². The van der Waals surface area contributed by atoms with E-state index in [1.807, 2.05) is 0 Å². The second-order valence-corrected chi connectivity index (χ2v) is 3.99. The number of anilines is 1.